The number of fused-ring (bicyclic) bond motifs is 1. The maximum atomic E-state index is 12.8. The lowest BCUT2D eigenvalue weighted by Crippen LogP contribution is -2.50. The summed E-state index contributed by atoms with van der Waals surface area (Å²) in [5.74, 6) is 3.07. The molecule has 0 spiro atoms. The van der Waals surface area contributed by atoms with Crippen LogP contribution in [0.4, 0.5) is 0 Å². The number of hydrogen-bond donors (Lipinski definition) is 1. The number of hydrogen-bond acceptors (Lipinski definition) is 4. The van der Waals surface area contributed by atoms with Crippen molar-refractivity contribution in [2.45, 2.75) is 64.5 Å². The summed E-state index contributed by atoms with van der Waals surface area (Å²) in [5, 5.41) is 12.1. The van der Waals surface area contributed by atoms with Crippen molar-refractivity contribution in [2.24, 2.45) is 5.41 Å². The van der Waals surface area contributed by atoms with Gasteiger partial charge in [-0.05, 0) is 32.1 Å². The van der Waals surface area contributed by atoms with Gasteiger partial charge in [0.25, 0.3) is 0 Å². The summed E-state index contributed by atoms with van der Waals surface area (Å²) >= 11 is 0. The molecule has 0 radical (unpaired) electrons. The van der Waals surface area contributed by atoms with E-state index in [1.165, 1.54) is 6.42 Å². The fraction of sp³-hybridized carbons (Fsp3) is 0.824. The van der Waals surface area contributed by atoms with Crippen LogP contribution in [0, 0.1) is 5.41 Å². The van der Waals surface area contributed by atoms with Gasteiger partial charge in [0.15, 0.2) is 0 Å². The molecule has 1 saturated carbocycles. The molecule has 1 N–H and O–H groups in total. The number of amides is 1. The zero-order valence-corrected chi connectivity index (χ0v) is 14.1. The maximum Gasteiger partial charge on any atom is 0.228 e. The third kappa shape index (κ3) is 2.47. The standard InChI is InChI=1S/C17H27N5O/c1-2-17(6-3-7-17)16(23)21-9-4-13(5-10-21)15-20-19-14-12-18-8-11-22(14)15/h13,18H,2-12H2,1H3. The fourth-order valence-electron chi connectivity index (χ4n) is 4.42. The van der Waals surface area contributed by atoms with Crippen molar-refractivity contribution < 1.29 is 4.79 Å². The number of carbonyl (C=O) groups is 1. The molecule has 0 aromatic carbocycles. The second kappa shape index (κ2) is 5.89. The Kier molecular flexibility index (Phi) is 3.87. The van der Waals surface area contributed by atoms with E-state index >= 15 is 0 Å². The zero-order valence-electron chi connectivity index (χ0n) is 14.1. The van der Waals surface area contributed by atoms with Gasteiger partial charge in [0.05, 0.1) is 6.54 Å². The smallest absolute Gasteiger partial charge is 0.228 e. The molecular weight excluding hydrogens is 290 g/mol. The molecule has 0 bridgehead atoms. The van der Waals surface area contributed by atoms with Crippen molar-refractivity contribution in [1.29, 1.82) is 0 Å². The molecule has 23 heavy (non-hydrogen) atoms. The Morgan fingerprint density at radius 1 is 1.26 bits per heavy atom. The molecule has 1 aromatic heterocycles. The highest BCUT2D eigenvalue weighted by atomic mass is 16.2. The SMILES string of the molecule is CCC1(C(=O)N2CCC(c3nnc4n3CCNC4)CC2)CCC1. The van der Waals surface area contributed by atoms with Crippen molar-refractivity contribution in [2.75, 3.05) is 19.6 Å². The first-order valence-corrected chi connectivity index (χ1v) is 9.15. The minimum absolute atomic E-state index is 0.0213. The van der Waals surface area contributed by atoms with E-state index in [-0.39, 0.29) is 5.41 Å². The van der Waals surface area contributed by atoms with Crippen LogP contribution in [0.2, 0.25) is 0 Å². The summed E-state index contributed by atoms with van der Waals surface area (Å²) in [7, 11) is 0. The molecule has 2 fully saturated rings. The molecule has 126 valence electrons. The van der Waals surface area contributed by atoms with Gasteiger partial charge in [-0.25, -0.2) is 0 Å². The van der Waals surface area contributed by atoms with Gasteiger partial charge >= 0.3 is 0 Å². The highest BCUT2D eigenvalue weighted by Gasteiger charge is 2.45. The summed E-state index contributed by atoms with van der Waals surface area (Å²) in [6.45, 7) is 6.71. The average molecular weight is 317 g/mol. The highest BCUT2D eigenvalue weighted by molar-refractivity contribution is 5.83. The molecule has 4 rings (SSSR count). The molecule has 1 aliphatic carbocycles. The molecule has 6 heteroatoms. The van der Waals surface area contributed by atoms with E-state index in [1.54, 1.807) is 0 Å². The summed E-state index contributed by atoms with van der Waals surface area (Å²) < 4.78 is 2.29. The number of piperidine rings is 1. The molecule has 0 unspecified atom stereocenters. The lowest BCUT2D eigenvalue weighted by atomic mass is 9.66. The number of likely N-dealkylation sites (tertiary alicyclic amines) is 1. The van der Waals surface area contributed by atoms with Crippen molar-refractivity contribution >= 4 is 5.91 Å². The van der Waals surface area contributed by atoms with Gasteiger partial charge in [-0.2, -0.15) is 0 Å². The molecule has 1 amide bonds. The van der Waals surface area contributed by atoms with Crippen LogP contribution in [-0.4, -0.2) is 45.2 Å². The van der Waals surface area contributed by atoms with Gasteiger partial charge in [-0.15, -0.1) is 10.2 Å². The quantitative estimate of drug-likeness (QED) is 0.921. The fourth-order valence-corrected chi connectivity index (χ4v) is 4.42. The van der Waals surface area contributed by atoms with E-state index in [4.69, 9.17) is 0 Å². The first-order chi connectivity index (χ1) is 11.2. The summed E-state index contributed by atoms with van der Waals surface area (Å²) in [6, 6.07) is 0. The van der Waals surface area contributed by atoms with Crippen LogP contribution >= 0.6 is 0 Å². The summed E-state index contributed by atoms with van der Waals surface area (Å²) in [5.41, 5.74) is -0.0213. The molecule has 2 aliphatic heterocycles. The number of rotatable bonds is 3. The van der Waals surface area contributed by atoms with Crippen LogP contribution in [-0.2, 0) is 17.9 Å². The maximum absolute atomic E-state index is 12.8. The van der Waals surface area contributed by atoms with Crippen LogP contribution in [0.15, 0.2) is 0 Å². The Morgan fingerprint density at radius 3 is 2.70 bits per heavy atom. The van der Waals surface area contributed by atoms with Crippen molar-refractivity contribution in [3.8, 4) is 0 Å². The number of nitrogens with zero attached hydrogens (tertiary/aromatic N) is 4. The molecule has 1 aromatic rings. The summed E-state index contributed by atoms with van der Waals surface area (Å²) in [4.78, 5) is 15.0. The lowest BCUT2D eigenvalue weighted by Gasteiger charge is -2.44. The minimum Gasteiger partial charge on any atom is -0.342 e. The Labute approximate surface area is 137 Å². The number of nitrogens with one attached hydrogen (secondary N) is 1. The predicted octanol–water partition coefficient (Wildman–Crippen LogP) is 1.67. The van der Waals surface area contributed by atoms with E-state index < -0.39 is 0 Å². The molecular formula is C17H27N5O. The van der Waals surface area contributed by atoms with Crippen LogP contribution in [0.5, 0.6) is 0 Å². The first kappa shape index (κ1) is 15.1. The van der Waals surface area contributed by atoms with Gasteiger partial charge in [0.1, 0.15) is 11.6 Å². The van der Waals surface area contributed by atoms with Crippen LogP contribution in [0.1, 0.15) is 63.0 Å². The van der Waals surface area contributed by atoms with E-state index in [0.29, 0.717) is 11.8 Å². The number of aromatic nitrogens is 3. The van der Waals surface area contributed by atoms with Crippen molar-refractivity contribution in [3.05, 3.63) is 11.6 Å². The Hall–Kier alpha value is -1.43. The normalized spacial score (nSPS) is 24.1. The first-order valence-electron chi connectivity index (χ1n) is 9.15. The Balaban J connectivity index is 1.41. The van der Waals surface area contributed by atoms with Crippen LogP contribution < -0.4 is 5.32 Å². The number of carbonyl (C=O) groups excluding carboxylic acids is 1. The van der Waals surface area contributed by atoms with Crippen molar-refractivity contribution in [1.82, 2.24) is 25.0 Å². The predicted molar refractivity (Wildman–Crippen MR) is 86.9 cm³/mol. The molecule has 6 nitrogen and oxygen atoms in total. The average Bonchev–Trinajstić information content (AvgIpc) is 2.98. The monoisotopic (exact) mass is 317 g/mol. The molecule has 0 atom stereocenters. The van der Waals surface area contributed by atoms with E-state index in [2.05, 4.69) is 31.9 Å². The topological polar surface area (TPSA) is 63.1 Å². The van der Waals surface area contributed by atoms with E-state index in [0.717, 1.165) is 76.5 Å². The van der Waals surface area contributed by atoms with Gasteiger partial charge in [0, 0.05) is 37.5 Å². The molecule has 3 aliphatic rings. The Bertz CT molecular complexity index is 578. The van der Waals surface area contributed by atoms with Gasteiger partial charge < -0.3 is 14.8 Å². The second-order valence-corrected chi connectivity index (χ2v) is 7.36. The largest absolute Gasteiger partial charge is 0.342 e. The zero-order chi connectivity index (χ0) is 15.9. The molecule has 1 saturated heterocycles. The second-order valence-electron chi connectivity index (χ2n) is 7.36. The van der Waals surface area contributed by atoms with Gasteiger partial charge in [0.2, 0.25) is 5.91 Å². The minimum atomic E-state index is -0.0213. The Morgan fingerprint density at radius 2 is 2.04 bits per heavy atom. The lowest BCUT2D eigenvalue weighted by molar-refractivity contribution is -0.149. The van der Waals surface area contributed by atoms with E-state index in [1.807, 2.05) is 0 Å². The highest BCUT2D eigenvalue weighted by Crippen LogP contribution is 2.46. The van der Waals surface area contributed by atoms with Crippen molar-refractivity contribution in [3.63, 3.8) is 0 Å². The third-order valence-electron chi connectivity index (χ3n) is 6.24. The molecule has 3 heterocycles. The van der Waals surface area contributed by atoms with Gasteiger partial charge in [-0.1, -0.05) is 13.3 Å². The van der Waals surface area contributed by atoms with Crippen LogP contribution in [0.25, 0.3) is 0 Å². The summed E-state index contributed by atoms with van der Waals surface area (Å²) in [6.07, 6.45) is 6.44. The van der Waals surface area contributed by atoms with Crippen LogP contribution in [0.3, 0.4) is 0 Å². The third-order valence-corrected chi connectivity index (χ3v) is 6.24. The van der Waals surface area contributed by atoms with Gasteiger partial charge in [-0.3, -0.25) is 4.79 Å². The van der Waals surface area contributed by atoms with E-state index in [9.17, 15) is 4.79 Å².